The summed E-state index contributed by atoms with van der Waals surface area (Å²) >= 11 is 0. The summed E-state index contributed by atoms with van der Waals surface area (Å²) in [5.41, 5.74) is 4.72. The molecular formula is C16H15NO. The van der Waals surface area contributed by atoms with E-state index in [9.17, 15) is 0 Å². The molecule has 1 heterocycles. The Kier molecular flexibility index (Phi) is 2.85. The van der Waals surface area contributed by atoms with E-state index in [2.05, 4.69) is 53.7 Å². The number of oxime groups is 1. The van der Waals surface area contributed by atoms with Crippen molar-refractivity contribution in [1.82, 2.24) is 0 Å². The Morgan fingerprint density at radius 3 is 2.44 bits per heavy atom. The number of rotatable bonds is 2. The van der Waals surface area contributed by atoms with E-state index in [1.165, 1.54) is 16.7 Å². The maximum atomic E-state index is 5.50. The van der Waals surface area contributed by atoms with Crippen LogP contribution in [0.4, 0.5) is 0 Å². The molecule has 2 nitrogen and oxygen atoms in total. The Hall–Kier alpha value is -2.09. The molecule has 2 aromatic carbocycles. The van der Waals surface area contributed by atoms with Crippen molar-refractivity contribution in [3.63, 3.8) is 0 Å². The van der Waals surface area contributed by atoms with E-state index >= 15 is 0 Å². The van der Waals surface area contributed by atoms with E-state index in [4.69, 9.17) is 4.84 Å². The first kappa shape index (κ1) is 11.0. The van der Waals surface area contributed by atoms with Gasteiger partial charge in [0.25, 0.3) is 0 Å². The highest BCUT2D eigenvalue weighted by Gasteiger charge is 2.22. The van der Waals surface area contributed by atoms with Crippen molar-refractivity contribution in [2.75, 3.05) is 0 Å². The maximum absolute atomic E-state index is 5.50. The Morgan fingerprint density at radius 2 is 1.72 bits per heavy atom. The first-order valence-corrected chi connectivity index (χ1v) is 6.18. The van der Waals surface area contributed by atoms with Gasteiger partial charge in [-0.2, -0.15) is 0 Å². The SMILES string of the molecule is CC1=NO[C@@H](c2ccccc2-c2ccccc2)C1. The summed E-state index contributed by atoms with van der Waals surface area (Å²) in [7, 11) is 0. The van der Waals surface area contributed by atoms with Gasteiger partial charge in [-0.05, 0) is 18.1 Å². The fraction of sp³-hybridized carbons (Fsp3) is 0.188. The van der Waals surface area contributed by atoms with Gasteiger partial charge in [0.15, 0.2) is 6.10 Å². The van der Waals surface area contributed by atoms with Gasteiger partial charge in [-0.3, -0.25) is 0 Å². The summed E-state index contributed by atoms with van der Waals surface area (Å²) < 4.78 is 0. The predicted molar refractivity (Wildman–Crippen MR) is 73.4 cm³/mol. The fourth-order valence-electron chi connectivity index (χ4n) is 2.32. The summed E-state index contributed by atoms with van der Waals surface area (Å²) in [6.45, 7) is 2.01. The van der Waals surface area contributed by atoms with Crippen LogP contribution < -0.4 is 0 Å². The molecule has 0 N–H and O–H groups in total. The highest BCUT2D eigenvalue weighted by molar-refractivity contribution is 5.83. The normalized spacial score (nSPS) is 18.3. The van der Waals surface area contributed by atoms with Crippen LogP contribution in [-0.2, 0) is 4.84 Å². The van der Waals surface area contributed by atoms with Gasteiger partial charge >= 0.3 is 0 Å². The summed E-state index contributed by atoms with van der Waals surface area (Å²) in [6.07, 6.45) is 0.936. The van der Waals surface area contributed by atoms with Crippen LogP contribution in [0.15, 0.2) is 59.8 Å². The second-order valence-corrected chi connectivity index (χ2v) is 4.58. The van der Waals surface area contributed by atoms with Crippen LogP contribution in [0.25, 0.3) is 11.1 Å². The largest absolute Gasteiger partial charge is 0.387 e. The molecule has 0 spiro atoms. The molecule has 0 fully saturated rings. The van der Waals surface area contributed by atoms with Crippen molar-refractivity contribution in [3.8, 4) is 11.1 Å². The van der Waals surface area contributed by atoms with Crippen molar-refractivity contribution in [2.45, 2.75) is 19.4 Å². The van der Waals surface area contributed by atoms with Gasteiger partial charge in [-0.25, -0.2) is 0 Å². The predicted octanol–water partition coefficient (Wildman–Crippen LogP) is 4.19. The molecule has 0 saturated carbocycles. The third kappa shape index (κ3) is 2.02. The number of hydrogen-bond acceptors (Lipinski definition) is 2. The zero-order valence-corrected chi connectivity index (χ0v) is 10.3. The maximum Gasteiger partial charge on any atom is 0.158 e. The molecule has 1 aliphatic rings. The fourth-order valence-corrected chi connectivity index (χ4v) is 2.32. The molecular weight excluding hydrogens is 222 g/mol. The van der Waals surface area contributed by atoms with Gasteiger partial charge in [0.05, 0.1) is 5.71 Å². The van der Waals surface area contributed by atoms with Gasteiger partial charge in [-0.1, -0.05) is 59.8 Å². The molecule has 0 saturated heterocycles. The highest BCUT2D eigenvalue weighted by atomic mass is 16.6. The Balaban J connectivity index is 2.01. The van der Waals surface area contributed by atoms with Crippen molar-refractivity contribution < 1.29 is 4.84 Å². The monoisotopic (exact) mass is 237 g/mol. The average molecular weight is 237 g/mol. The van der Waals surface area contributed by atoms with E-state index in [0.717, 1.165) is 12.1 Å². The lowest BCUT2D eigenvalue weighted by molar-refractivity contribution is 0.0861. The molecule has 90 valence electrons. The van der Waals surface area contributed by atoms with Crippen LogP contribution >= 0.6 is 0 Å². The van der Waals surface area contributed by atoms with E-state index in [-0.39, 0.29) is 6.10 Å². The minimum atomic E-state index is 0.0569. The van der Waals surface area contributed by atoms with E-state index < -0.39 is 0 Å². The topological polar surface area (TPSA) is 21.6 Å². The molecule has 1 aliphatic heterocycles. The molecule has 0 amide bonds. The van der Waals surface area contributed by atoms with Gasteiger partial charge in [0.1, 0.15) is 0 Å². The lowest BCUT2D eigenvalue weighted by atomic mass is 9.94. The molecule has 3 rings (SSSR count). The molecule has 0 unspecified atom stereocenters. The average Bonchev–Trinajstić information content (AvgIpc) is 2.86. The summed E-state index contributed by atoms with van der Waals surface area (Å²) in [5.74, 6) is 0. The second-order valence-electron chi connectivity index (χ2n) is 4.58. The molecule has 0 radical (unpaired) electrons. The van der Waals surface area contributed by atoms with Gasteiger partial charge in [0, 0.05) is 12.0 Å². The first-order chi connectivity index (χ1) is 8.84. The third-order valence-electron chi connectivity index (χ3n) is 3.21. The van der Waals surface area contributed by atoms with Crippen molar-refractivity contribution in [1.29, 1.82) is 0 Å². The first-order valence-electron chi connectivity index (χ1n) is 6.18. The van der Waals surface area contributed by atoms with Crippen LogP contribution in [0.3, 0.4) is 0 Å². The van der Waals surface area contributed by atoms with E-state index in [1.807, 2.05) is 13.0 Å². The molecule has 0 aromatic heterocycles. The number of nitrogens with zero attached hydrogens (tertiary/aromatic N) is 1. The Morgan fingerprint density at radius 1 is 1.00 bits per heavy atom. The van der Waals surface area contributed by atoms with Gasteiger partial charge in [-0.15, -0.1) is 0 Å². The Labute approximate surface area is 107 Å². The quantitative estimate of drug-likeness (QED) is 0.767. The Bertz CT molecular complexity index is 575. The molecule has 1 atom stereocenters. The van der Waals surface area contributed by atoms with Gasteiger partial charge < -0.3 is 4.84 Å². The van der Waals surface area contributed by atoms with E-state index in [0.29, 0.717) is 0 Å². The smallest absolute Gasteiger partial charge is 0.158 e. The van der Waals surface area contributed by atoms with Crippen LogP contribution in [0, 0.1) is 0 Å². The van der Waals surface area contributed by atoms with Crippen LogP contribution in [0.5, 0.6) is 0 Å². The van der Waals surface area contributed by atoms with Crippen molar-refractivity contribution in [3.05, 3.63) is 60.2 Å². The standard InChI is InChI=1S/C16H15NO/c1-12-11-16(18-17-12)15-10-6-5-9-14(15)13-7-3-2-4-8-13/h2-10,16H,11H2,1H3/t16-/m1/s1. The molecule has 0 aliphatic carbocycles. The number of hydrogen-bond donors (Lipinski definition) is 0. The molecule has 18 heavy (non-hydrogen) atoms. The third-order valence-corrected chi connectivity index (χ3v) is 3.21. The zero-order chi connectivity index (χ0) is 12.4. The lowest BCUT2D eigenvalue weighted by Gasteiger charge is -2.14. The van der Waals surface area contributed by atoms with E-state index in [1.54, 1.807) is 0 Å². The van der Waals surface area contributed by atoms with Crippen LogP contribution in [0.1, 0.15) is 25.0 Å². The summed E-state index contributed by atoms with van der Waals surface area (Å²) in [5, 5.41) is 4.05. The lowest BCUT2D eigenvalue weighted by Crippen LogP contribution is -2.00. The van der Waals surface area contributed by atoms with Crippen molar-refractivity contribution in [2.24, 2.45) is 5.16 Å². The molecule has 2 aromatic rings. The minimum absolute atomic E-state index is 0.0569. The van der Waals surface area contributed by atoms with Crippen LogP contribution in [0.2, 0.25) is 0 Å². The second kappa shape index (κ2) is 4.65. The summed E-state index contributed by atoms with van der Waals surface area (Å²) in [6, 6.07) is 18.8. The van der Waals surface area contributed by atoms with Crippen LogP contribution in [-0.4, -0.2) is 5.71 Å². The molecule has 0 bridgehead atoms. The highest BCUT2D eigenvalue weighted by Crippen LogP contribution is 2.34. The minimum Gasteiger partial charge on any atom is -0.387 e. The number of benzene rings is 2. The van der Waals surface area contributed by atoms with Crippen molar-refractivity contribution >= 4 is 5.71 Å². The zero-order valence-electron chi connectivity index (χ0n) is 10.3. The molecule has 2 heteroatoms. The van der Waals surface area contributed by atoms with Gasteiger partial charge in [0.2, 0.25) is 0 Å². The summed E-state index contributed by atoms with van der Waals surface area (Å²) in [4.78, 5) is 5.50.